The molecule has 88 valence electrons. The van der Waals surface area contributed by atoms with Gasteiger partial charge in [-0.2, -0.15) is 0 Å². The Bertz CT molecular complexity index is 316. The largest absolute Gasteiger partial charge is 0.383 e. The maximum Gasteiger partial charge on any atom is 0.0613 e. The molecule has 0 aromatic heterocycles. The van der Waals surface area contributed by atoms with Crippen molar-refractivity contribution in [3.8, 4) is 0 Å². The van der Waals surface area contributed by atoms with Crippen molar-refractivity contribution in [1.82, 2.24) is 5.32 Å². The molecule has 0 bridgehead atoms. The van der Waals surface area contributed by atoms with E-state index in [1.807, 2.05) is 0 Å². The maximum absolute atomic E-state index is 5.09. The van der Waals surface area contributed by atoms with Gasteiger partial charge in [0.25, 0.3) is 0 Å². The van der Waals surface area contributed by atoms with Crippen LogP contribution >= 0.6 is 0 Å². The summed E-state index contributed by atoms with van der Waals surface area (Å²) in [6.07, 6.45) is 2.75. The van der Waals surface area contributed by atoms with Gasteiger partial charge in [-0.3, -0.25) is 0 Å². The van der Waals surface area contributed by atoms with Crippen molar-refractivity contribution < 1.29 is 4.74 Å². The summed E-state index contributed by atoms with van der Waals surface area (Å²) in [5, 5.41) is 3.44. The van der Waals surface area contributed by atoms with Gasteiger partial charge >= 0.3 is 0 Å². The third kappa shape index (κ3) is 3.32. The van der Waals surface area contributed by atoms with Crippen molar-refractivity contribution in [1.29, 1.82) is 0 Å². The minimum atomic E-state index is 0.410. The van der Waals surface area contributed by atoms with E-state index in [-0.39, 0.29) is 0 Å². The van der Waals surface area contributed by atoms with E-state index in [9.17, 15) is 0 Å². The average Bonchev–Trinajstić information content (AvgIpc) is 3.11. The first-order valence-electron chi connectivity index (χ1n) is 6.10. The third-order valence-corrected chi connectivity index (χ3v) is 3.10. The van der Waals surface area contributed by atoms with Crippen LogP contribution in [-0.2, 0) is 11.3 Å². The summed E-state index contributed by atoms with van der Waals surface area (Å²) in [5.41, 5.74) is 2.86. The van der Waals surface area contributed by atoms with E-state index in [0.29, 0.717) is 6.04 Å². The van der Waals surface area contributed by atoms with E-state index in [2.05, 4.69) is 36.5 Å². The fraction of sp³-hybridized carbons (Fsp3) is 0.571. The Hall–Kier alpha value is -0.860. The molecule has 0 spiro atoms. The lowest BCUT2D eigenvalue weighted by Gasteiger charge is -2.12. The molecule has 1 aromatic carbocycles. The minimum absolute atomic E-state index is 0.410. The molecule has 1 aliphatic rings. The molecule has 0 amide bonds. The van der Waals surface area contributed by atoms with Gasteiger partial charge in [0, 0.05) is 19.7 Å². The van der Waals surface area contributed by atoms with E-state index in [1.54, 1.807) is 7.11 Å². The van der Waals surface area contributed by atoms with Gasteiger partial charge in [-0.05, 0) is 36.8 Å². The highest BCUT2D eigenvalue weighted by molar-refractivity contribution is 5.27. The van der Waals surface area contributed by atoms with E-state index in [4.69, 9.17) is 4.74 Å². The molecule has 2 rings (SSSR count). The summed E-state index contributed by atoms with van der Waals surface area (Å²) in [4.78, 5) is 0. The van der Waals surface area contributed by atoms with Crippen LogP contribution < -0.4 is 5.32 Å². The van der Waals surface area contributed by atoms with E-state index in [0.717, 1.165) is 19.1 Å². The molecule has 1 unspecified atom stereocenters. The molecule has 1 N–H and O–H groups in total. The van der Waals surface area contributed by atoms with Crippen LogP contribution in [0.3, 0.4) is 0 Å². The van der Waals surface area contributed by atoms with Crippen LogP contribution in [0.4, 0.5) is 0 Å². The Morgan fingerprint density at radius 1 is 1.31 bits per heavy atom. The Kier molecular flexibility index (Phi) is 3.97. The number of benzene rings is 1. The van der Waals surface area contributed by atoms with Crippen LogP contribution in [0, 0.1) is 0 Å². The van der Waals surface area contributed by atoms with Gasteiger partial charge in [-0.25, -0.2) is 0 Å². The van der Waals surface area contributed by atoms with Gasteiger partial charge in [-0.15, -0.1) is 0 Å². The second-order valence-corrected chi connectivity index (χ2v) is 4.75. The molecule has 1 saturated carbocycles. The van der Waals surface area contributed by atoms with Crippen molar-refractivity contribution in [3.63, 3.8) is 0 Å². The Balaban J connectivity index is 1.80. The first kappa shape index (κ1) is 11.6. The second kappa shape index (κ2) is 5.46. The molecule has 1 aromatic rings. The molecule has 1 aliphatic carbocycles. The fourth-order valence-corrected chi connectivity index (χ4v) is 1.93. The highest BCUT2D eigenvalue weighted by atomic mass is 16.5. The minimum Gasteiger partial charge on any atom is -0.383 e. The molecule has 1 fully saturated rings. The first-order valence-corrected chi connectivity index (χ1v) is 6.10. The average molecular weight is 219 g/mol. The van der Waals surface area contributed by atoms with Crippen molar-refractivity contribution in [2.75, 3.05) is 13.7 Å². The van der Waals surface area contributed by atoms with E-state index >= 15 is 0 Å². The van der Waals surface area contributed by atoms with Crippen molar-refractivity contribution >= 4 is 0 Å². The number of methoxy groups -OCH3 is 1. The zero-order valence-corrected chi connectivity index (χ0v) is 10.2. The lowest BCUT2D eigenvalue weighted by molar-refractivity contribution is 0.171. The topological polar surface area (TPSA) is 21.3 Å². The molecule has 16 heavy (non-hydrogen) atoms. The van der Waals surface area contributed by atoms with Crippen molar-refractivity contribution in [3.05, 3.63) is 35.4 Å². The zero-order chi connectivity index (χ0) is 11.4. The van der Waals surface area contributed by atoms with Crippen LogP contribution in [0.15, 0.2) is 24.3 Å². The zero-order valence-electron chi connectivity index (χ0n) is 10.2. The van der Waals surface area contributed by atoms with Crippen LogP contribution in [0.1, 0.15) is 36.8 Å². The van der Waals surface area contributed by atoms with E-state index < -0.39 is 0 Å². The molecule has 0 aliphatic heterocycles. The monoisotopic (exact) mass is 219 g/mol. The third-order valence-electron chi connectivity index (χ3n) is 3.10. The van der Waals surface area contributed by atoms with Crippen molar-refractivity contribution in [2.45, 2.75) is 38.3 Å². The van der Waals surface area contributed by atoms with Gasteiger partial charge in [-0.1, -0.05) is 24.3 Å². The fourth-order valence-electron chi connectivity index (χ4n) is 1.93. The molecular formula is C14H21NO. The van der Waals surface area contributed by atoms with Gasteiger partial charge in [0.2, 0.25) is 0 Å². The highest BCUT2D eigenvalue weighted by Gasteiger charge is 2.22. The standard InChI is InChI=1S/C14H21NO/c1-11(10-16-2)15-9-12-3-5-13(6-4-12)14-7-8-14/h3-6,11,14-15H,7-10H2,1-2H3. The maximum atomic E-state index is 5.09. The molecular weight excluding hydrogens is 198 g/mol. The molecule has 0 heterocycles. The quantitative estimate of drug-likeness (QED) is 0.794. The highest BCUT2D eigenvalue weighted by Crippen LogP contribution is 2.39. The van der Waals surface area contributed by atoms with Crippen LogP contribution in [-0.4, -0.2) is 19.8 Å². The van der Waals surface area contributed by atoms with Crippen LogP contribution in [0.5, 0.6) is 0 Å². The molecule has 1 atom stereocenters. The Labute approximate surface area is 98.0 Å². The number of rotatable bonds is 6. The van der Waals surface area contributed by atoms with Crippen LogP contribution in [0.25, 0.3) is 0 Å². The summed E-state index contributed by atoms with van der Waals surface area (Å²) < 4.78 is 5.09. The summed E-state index contributed by atoms with van der Waals surface area (Å²) in [6, 6.07) is 9.43. The predicted octanol–water partition coefficient (Wildman–Crippen LogP) is 2.69. The molecule has 2 nitrogen and oxygen atoms in total. The van der Waals surface area contributed by atoms with Gasteiger partial charge in [0.1, 0.15) is 0 Å². The number of nitrogens with one attached hydrogen (secondary N) is 1. The SMILES string of the molecule is COCC(C)NCc1ccc(C2CC2)cc1. The molecule has 2 heteroatoms. The number of hydrogen-bond acceptors (Lipinski definition) is 2. The normalized spacial score (nSPS) is 17.4. The van der Waals surface area contributed by atoms with Crippen LogP contribution in [0.2, 0.25) is 0 Å². The lowest BCUT2D eigenvalue weighted by atomic mass is 10.1. The first-order chi connectivity index (χ1) is 7.79. The predicted molar refractivity (Wildman–Crippen MR) is 66.6 cm³/mol. The van der Waals surface area contributed by atoms with Gasteiger partial charge in [0.05, 0.1) is 6.61 Å². The Morgan fingerprint density at radius 2 is 2.00 bits per heavy atom. The molecule has 0 radical (unpaired) electrons. The summed E-state index contributed by atoms with van der Waals surface area (Å²) in [6.45, 7) is 3.83. The number of hydrogen-bond donors (Lipinski definition) is 1. The Morgan fingerprint density at radius 3 is 2.56 bits per heavy atom. The van der Waals surface area contributed by atoms with Gasteiger partial charge < -0.3 is 10.1 Å². The summed E-state index contributed by atoms with van der Waals surface area (Å²) >= 11 is 0. The van der Waals surface area contributed by atoms with Crippen molar-refractivity contribution in [2.24, 2.45) is 0 Å². The van der Waals surface area contributed by atoms with Gasteiger partial charge in [0.15, 0.2) is 0 Å². The smallest absolute Gasteiger partial charge is 0.0613 e. The summed E-state index contributed by atoms with van der Waals surface area (Å²) in [7, 11) is 1.74. The van der Waals surface area contributed by atoms with E-state index in [1.165, 1.54) is 24.0 Å². The number of ether oxygens (including phenoxy) is 1. The molecule has 0 saturated heterocycles. The lowest BCUT2D eigenvalue weighted by Crippen LogP contribution is -2.29. The summed E-state index contributed by atoms with van der Waals surface area (Å²) in [5.74, 6) is 0.856. The second-order valence-electron chi connectivity index (χ2n) is 4.75.